The van der Waals surface area contributed by atoms with E-state index < -0.39 is 10.0 Å². The normalized spacial score (nSPS) is 12.8. The van der Waals surface area contributed by atoms with Crippen molar-refractivity contribution in [2.24, 2.45) is 11.0 Å². The van der Waals surface area contributed by atoms with Crippen LogP contribution < -0.4 is 4.83 Å². The average molecular weight is 268 g/mol. The molecule has 1 rings (SSSR count). The summed E-state index contributed by atoms with van der Waals surface area (Å²) in [6.07, 6.45) is 0.730. The highest BCUT2D eigenvalue weighted by atomic mass is 32.2. The molecular formula is C13H20N2O2S. The topological polar surface area (TPSA) is 58.5 Å². The molecule has 1 aromatic rings. The van der Waals surface area contributed by atoms with E-state index in [0.717, 1.165) is 17.7 Å². The molecule has 1 N–H and O–H groups in total. The van der Waals surface area contributed by atoms with Crippen molar-refractivity contribution in [3.05, 3.63) is 29.8 Å². The number of hydrogen-bond donors (Lipinski definition) is 1. The molecular weight excluding hydrogens is 248 g/mol. The van der Waals surface area contributed by atoms with Crippen molar-refractivity contribution in [3.63, 3.8) is 0 Å². The molecule has 18 heavy (non-hydrogen) atoms. The summed E-state index contributed by atoms with van der Waals surface area (Å²) in [4.78, 5) is 2.52. The number of nitrogens with one attached hydrogen (secondary N) is 1. The fourth-order valence-corrected chi connectivity index (χ4v) is 2.34. The first-order valence-electron chi connectivity index (χ1n) is 6.01. The van der Waals surface area contributed by atoms with Gasteiger partial charge in [0, 0.05) is 5.71 Å². The minimum absolute atomic E-state index is 0.232. The maximum absolute atomic E-state index is 12.0. The van der Waals surface area contributed by atoms with Crippen LogP contribution in [0.1, 0.15) is 32.8 Å². The molecule has 0 spiro atoms. The SMILES string of the molecule is CC/C(=N\NS(=O)(=O)c1ccc(C)cc1)C(C)C. The third kappa shape index (κ3) is 3.84. The Morgan fingerprint density at radius 3 is 2.28 bits per heavy atom. The van der Waals surface area contributed by atoms with Crippen molar-refractivity contribution in [1.82, 2.24) is 4.83 Å². The minimum Gasteiger partial charge on any atom is -0.200 e. The molecule has 0 amide bonds. The lowest BCUT2D eigenvalue weighted by Gasteiger charge is -2.09. The Bertz CT molecular complexity index is 516. The van der Waals surface area contributed by atoms with Gasteiger partial charge in [0.1, 0.15) is 0 Å². The summed E-state index contributed by atoms with van der Waals surface area (Å²) in [6.45, 7) is 7.85. The van der Waals surface area contributed by atoms with E-state index in [1.807, 2.05) is 27.7 Å². The second kappa shape index (κ2) is 6.00. The van der Waals surface area contributed by atoms with Gasteiger partial charge in [0.25, 0.3) is 10.0 Å². The maximum Gasteiger partial charge on any atom is 0.276 e. The van der Waals surface area contributed by atoms with Gasteiger partial charge in [-0.05, 0) is 31.4 Å². The number of hydrogen-bond acceptors (Lipinski definition) is 3. The number of benzene rings is 1. The predicted octanol–water partition coefficient (Wildman–Crippen LogP) is 2.70. The van der Waals surface area contributed by atoms with E-state index in [4.69, 9.17) is 0 Å². The quantitative estimate of drug-likeness (QED) is 0.659. The molecule has 0 bridgehead atoms. The van der Waals surface area contributed by atoms with Crippen molar-refractivity contribution in [2.45, 2.75) is 39.0 Å². The Morgan fingerprint density at radius 1 is 1.28 bits per heavy atom. The Hall–Kier alpha value is -1.36. The van der Waals surface area contributed by atoms with E-state index in [-0.39, 0.29) is 10.8 Å². The summed E-state index contributed by atoms with van der Waals surface area (Å²) < 4.78 is 23.9. The van der Waals surface area contributed by atoms with Gasteiger partial charge in [-0.2, -0.15) is 13.5 Å². The fraction of sp³-hybridized carbons (Fsp3) is 0.462. The van der Waals surface area contributed by atoms with Gasteiger partial charge in [-0.25, -0.2) is 4.83 Å². The van der Waals surface area contributed by atoms with Crippen molar-refractivity contribution >= 4 is 15.7 Å². The molecule has 1 aromatic carbocycles. The van der Waals surface area contributed by atoms with Crippen molar-refractivity contribution < 1.29 is 8.42 Å². The lowest BCUT2D eigenvalue weighted by Crippen LogP contribution is -2.21. The molecule has 0 fully saturated rings. The van der Waals surface area contributed by atoms with Crippen LogP contribution in [0.25, 0.3) is 0 Å². The molecule has 0 atom stereocenters. The second-order valence-corrected chi connectivity index (χ2v) is 6.18. The standard InChI is InChI=1S/C13H20N2O2S/c1-5-13(10(2)3)14-15-18(16,17)12-8-6-11(4)7-9-12/h6-10,15H,5H2,1-4H3/b14-13+. The lowest BCUT2D eigenvalue weighted by molar-refractivity contribution is 0.584. The van der Waals surface area contributed by atoms with Crippen LogP contribution in [0.4, 0.5) is 0 Å². The van der Waals surface area contributed by atoms with Crippen LogP contribution in [0.2, 0.25) is 0 Å². The van der Waals surface area contributed by atoms with Crippen LogP contribution in [0.5, 0.6) is 0 Å². The highest BCUT2D eigenvalue weighted by Crippen LogP contribution is 2.10. The van der Waals surface area contributed by atoms with Crippen LogP contribution in [-0.2, 0) is 10.0 Å². The fourth-order valence-electron chi connectivity index (χ4n) is 1.51. The van der Waals surface area contributed by atoms with E-state index >= 15 is 0 Å². The van der Waals surface area contributed by atoms with Crippen LogP contribution in [-0.4, -0.2) is 14.1 Å². The van der Waals surface area contributed by atoms with E-state index in [1.165, 1.54) is 0 Å². The zero-order valence-electron chi connectivity index (χ0n) is 11.3. The van der Waals surface area contributed by atoms with Crippen LogP contribution in [0.3, 0.4) is 0 Å². The largest absolute Gasteiger partial charge is 0.276 e. The van der Waals surface area contributed by atoms with Crippen molar-refractivity contribution in [2.75, 3.05) is 0 Å². The van der Waals surface area contributed by atoms with Crippen LogP contribution in [0.15, 0.2) is 34.3 Å². The molecule has 100 valence electrons. The zero-order chi connectivity index (χ0) is 13.8. The number of rotatable bonds is 5. The Kier molecular flexibility index (Phi) is 4.90. The van der Waals surface area contributed by atoms with Crippen LogP contribution in [0, 0.1) is 12.8 Å². The van der Waals surface area contributed by atoms with Gasteiger partial charge in [-0.3, -0.25) is 0 Å². The average Bonchev–Trinajstić information content (AvgIpc) is 2.29. The third-order valence-electron chi connectivity index (χ3n) is 2.67. The molecule has 0 heterocycles. The monoisotopic (exact) mass is 268 g/mol. The minimum atomic E-state index is -3.55. The predicted molar refractivity (Wildman–Crippen MR) is 74.1 cm³/mol. The molecule has 0 aromatic heterocycles. The summed E-state index contributed by atoms with van der Waals surface area (Å²) in [7, 11) is -3.55. The Labute approximate surface area is 109 Å². The molecule has 0 saturated heterocycles. The zero-order valence-corrected chi connectivity index (χ0v) is 12.1. The molecule has 0 unspecified atom stereocenters. The molecule has 4 nitrogen and oxygen atoms in total. The highest BCUT2D eigenvalue weighted by molar-refractivity contribution is 7.89. The molecule has 5 heteroatoms. The van der Waals surface area contributed by atoms with Gasteiger partial charge in [-0.1, -0.05) is 38.5 Å². The number of sulfonamides is 1. The van der Waals surface area contributed by atoms with Crippen molar-refractivity contribution in [3.8, 4) is 0 Å². The smallest absolute Gasteiger partial charge is 0.200 e. The molecule has 0 radical (unpaired) electrons. The van der Waals surface area contributed by atoms with E-state index in [2.05, 4.69) is 9.93 Å². The van der Waals surface area contributed by atoms with Gasteiger partial charge in [0.05, 0.1) is 4.90 Å². The molecule has 0 saturated carbocycles. The van der Waals surface area contributed by atoms with Gasteiger partial charge < -0.3 is 0 Å². The van der Waals surface area contributed by atoms with Gasteiger partial charge in [0.15, 0.2) is 0 Å². The summed E-state index contributed by atoms with van der Waals surface area (Å²) in [5.74, 6) is 0.232. The Balaban J connectivity index is 2.92. The number of hydrazone groups is 1. The van der Waals surface area contributed by atoms with E-state index in [1.54, 1.807) is 24.3 Å². The molecule has 0 aliphatic carbocycles. The first-order valence-corrected chi connectivity index (χ1v) is 7.50. The highest BCUT2D eigenvalue weighted by Gasteiger charge is 2.13. The summed E-state index contributed by atoms with van der Waals surface area (Å²) >= 11 is 0. The summed E-state index contributed by atoms with van der Waals surface area (Å²) in [5, 5.41) is 3.99. The first-order chi connectivity index (χ1) is 8.36. The van der Waals surface area contributed by atoms with Crippen molar-refractivity contribution in [1.29, 1.82) is 0 Å². The molecule has 0 aliphatic rings. The number of nitrogens with zero attached hydrogens (tertiary/aromatic N) is 1. The Morgan fingerprint density at radius 2 is 1.83 bits per heavy atom. The maximum atomic E-state index is 12.0. The number of aryl methyl sites for hydroxylation is 1. The van der Waals surface area contributed by atoms with E-state index in [0.29, 0.717) is 0 Å². The lowest BCUT2D eigenvalue weighted by atomic mass is 10.1. The summed E-state index contributed by atoms with van der Waals surface area (Å²) in [6, 6.07) is 6.69. The third-order valence-corrected chi connectivity index (χ3v) is 3.89. The second-order valence-electron chi connectivity index (χ2n) is 4.52. The summed E-state index contributed by atoms with van der Waals surface area (Å²) in [5.41, 5.74) is 1.86. The van der Waals surface area contributed by atoms with Gasteiger partial charge >= 0.3 is 0 Å². The first kappa shape index (κ1) is 14.7. The molecule has 0 aliphatic heterocycles. The van der Waals surface area contributed by atoms with Gasteiger partial charge in [0.2, 0.25) is 0 Å². The van der Waals surface area contributed by atoms with E-state index in [9.17, 15) is 8.42 Å². The van der Waals surface area contributed by atoms with Gasteiger partial charge in [-0.15, -0.1) is 0 Å². The van der Waals surface area contributed by atoms with Crippen LogP contribution >= 0.6 is 0 Å².